The second kappa shape index (κ2) is 6.01. The number of hydrogen-bond acceptors (Lipinski definition) is 6. The lowest BCUT2D eigenvalue weighted by molar-refractivity contribution is -0.385. The molecule has 0 saturated carbocycles. The highest BCUT2D eigenvalue weighted by atomic mass is 16.6. The molecule has 1 N–H and O–H groups in total. The van der Waals surface area contributed by atoms with Gasteiger partial charge in [0.25, 0.3) is 11.4 Å². The molecule has 118 valence electrons. The predicted octanol–water partition coefficient (Wildman–Crippen LogP) is 2.61. The van der Waals surface area contributed by atoms with Crippen LogP contribution in [-0.4, -0.2) is 22.9 Å². The van der Waals surface area contributed by atoms with E-state index in [9.17, 15) is 20.2 Å². The number of anilines is 1. The third-order valence-corrected chi connectivity index (χ3v) is 3.79. The first-order valence-electron chi connectivity index (χ1n) is 7.05. The van der Waals surface area contributed by atoms with E-state index in [1.165, 1.54) is 18.2 Å². The molecule has 1 heterocycles. The number of nitrogens with zero attached hydrogens (tertiary/aromatic N) is 3. The summed E-state index contributed by atoms with van der Waals surface area (Å²) in [4.78, 5) is 22.8. The smallest absolute Gasteiger partial charge is 0.269 e. The van der Waals surface area contributed by atoms with Gasteiger partial charge in [-0.1, -0.05) is 12.1 Å². The molecular formula is C15H14N4O4. The van der Waals surface area contributed by atoms with Gasteiger partial charge in [-0.15, -0.1) is 0 Å². The van der Waals surface area contributed by atoms with Crippen LogP contribution in [-0.2, 0) is 0 Å². The van der Waals surface area contributed by atoms with Gasteiger partial charge in [0.05, 0.1) is 9.85 Å². The predicted molar refractivity (Wildman–Crippen MR) is 84.3 cm³/mol. The van der Waals surface area contributed by atoms with Gasteiger partial charge in [-0.2, -0.15) is 0 Å². The van der Waals surface area contributed by atoms with E-state index in [4.69, 9.17) is 0 Å². The number of hydrogen-bond donors (Lipinski definition) is 1. The fourth-order valence-corrected chi connectivity index (χ4v) is 2.71. The van der Waals surface area contributed by atoms with E-state index in [1.54, 1.807) is 24.3 Å². The summed E-state index contributed by atoms with van der Waals surface area (Å²) < 4.78 is 0. The summed E-state index contributed by atoms with van der Waals surface area (Å²) in [7, 11) is 0. The van der Waals surface area contributed by atoms with Crippen LogP contribution in [0.3, 0.4) is 0 Å². The molecule has 0 aliphatic carbocycles. The van der Waals surface area contributed by atoms with Crippen molar-refractivity contribution in [3.8, 4) is 0 Å². The first-order valence-corrected chi connectivity index (χ1v) is 7.05. The average molecular weight is 314 g/mol. The molecular weight excluding hydrogens is 300 g/mol. The Bertz CT molecular complexity index is 747. The topological polar surface area (TPSA) is 102 Å². The monoisotopic (exact) mass is 314 g/mol. The van der Waals surface area contributed by atoms with Crippen molar-refractivity contribution >= 4 is 17.1 Å². The molecule has 1 saturated heterocycles. The fraction of sp³-hybridized carbons (Fsp3) is 0.200. The van der Waals surface area contributed by atoms with Crippen molar-refractivity contribution in [2.24, 2.45) is 0 Å². The molecule has 1 aliphatic rings. The first-order chi connectivity index (χ1) is 11.1. The van der Waals surface area contributed by atoms with E-state index in [0.717, 1.165) is 17.8 Å². The van der Waals surface area contributed by atoms with Crippen LogP contribution in [0.2, 0.25) is 0 Å². The Balaban J connectivity index is 1.89. The summed E-state index contributed by atoms with van der Waals surface area (Å²) in [5, 5.41) is 25.0. The quantitative estimate of drug-likeness (QED) is 0.687. The zero-order valence-electron chi connectivity index (χ0n) is 12.1. The summed E-state index contributed by atoms with van der Waals surface area (Å²) in [5.74, 6) is 0. The van der Waals surface area contributed by atoms with Gasteiger partial charge in [0.1, 0.15) is 6.17 Å². The molecule has 1 aliphatic heterocycles. The summed E-state index contributed by atoms with van der Waals surface area (Å²) in [6, 6.07) is 12.8. The molecule has 23 heavy (non-hydrogen) atoms. The Morgan fingerprint density at radius 3 is 2.35 bits per heavy atom. The molecule has 0 aromatic heterocycles. The van der Waals surface area contributed by atoms with Gasteiger partial charge >= 0.3 is 0 Å². The summed E-state index contributed by atoms with van der Waals surface area (Å²) >= 11 is 0. The van der Waals surface area contributed by atoms with Crippen LogP contribution in [0.4, 0.5) is 17.1 Å². The van der Waals surface area contributed by atoms with Crippen LogP contribution in [0.5, 0.6) is 0 Å². The van der Waals surface area contributed by atoms with Crippen LogP contribution in [0.15, 0.2) is 48.5 Å². The highest BCUT2D eigenvalue weighted by molar-refractivity contribution is 5.54. The number of nitrogens with one attached hydrogen (secondary N) is 1. The number of benzene rings is 2. The minimum atomic E-state index is -0.440. The Morgan fingerprint density at radius 2 is 1.70 bits per heavy atom. The fourth-order valence-electron chi connectivity index (χ4n) is 2.71. The minimum absolute atomic E-state index is 0.0350. The molecule has 1 atom stereocenters. The van der Waals surface area contributed by atoms with Crippen molar-refractivity contribution < 1.29 is 9.85 Å². The molecule has 2 aromatic carbocycles. The summed E-state index contributed by atoms with van der Waals surface area (Å²) in [5.41, 5.74) is 1.69. The maximum atomic E-state index is 10.9. The molecule has 3 rings (SSSR count). The van der Waals surface area contributed by atoms with Gasteiger partial charge in [0.2, 0.25) is 0 Å². The second-order valence-corrected chi connectivity index (χ2v) is 5.18. The Hall–Kier alpha value is -3.00. The molecule has 8 heteroatoms. The highest BCUT2D eigenvalue weighted by Crippen LogP contribution is 2.30. The number of nitro groups is 2. The molecule has 0 bridgehead atoms. The van der Waals surface area contributed by atoms with Crippen molar-refractivity contribution in [1.82, 2.24) is 5.32 Å². The molecule has 2 aromatic rings. The van der Waals surface area contributed by atoms with Crippen molar-refractivity contribution in [3.63, 3.8) is 0 Å². The Labute approximate surface area is 131 Å². The van der Waals surface area contributed by atoms with Crippen LogP contribution in [0.25, 0.3) is 0 Å². The SMILES string of the molecule is O=[N+]([O-])c1ccc(N2CCNC2c2cccc([N+](=O)[O-])c2)cc1. The van der Waals surface area contributed by atoms with Gasteiger partial charge in [0.15, 0.2) is 0 Å². The van der Waals surface area contributed by atoms with Gasteiger partial charge < -0.3 is 4.90 Å². The molecule has 0 amide bonds. The number of rotatable bonds is 4. The zero-order valence-corrected chi connectivity index (χ0v) is 12.1. The van der Waals surface area contributed by atoms with E-state index in [1.807, 2.05) is 11.0 Å². The zero-order chi connectivity index (χ0) is 16.4. The molecule has 1 unspecified atom stereocenters. The molecule has 1 fully saturated rings. The molecule has 0 spiro atoms. The van der Waals surface area contributed by atoms with Crippen molar-refractivity contribution in [1.29, 1.82) is 0 Å². The third-order valence-electron chi connectivity index (χ3n) is 3.79. The molecule has 8 nitrogen and oxygen atoms in total. The maximum absolute atomic E-state index is 10.9. The summed E-state index contributed by atoms with van der Waals surface area (Å²) in [6.45, 7) is 1.44. The van der Waals surface area contributed by atoms with Gasteiger partial charge in [-0.05, 0) is 17.7 Å². The van der Waals surface area contributed by atoms with Gasteiger partial charge in [-0.3, -0.25) is 25.5 Å². The lowest BCUT2D eigenvalue weighted by Gasteiger charge is -2.26. The van der Waals surface area contributed by atoms with Gasteiger partial charge in [0, 0.05) is 43.0 Å². The Kier molecular flexibility index (Phi) is 3.90. The van der Waals surface area contributed by atoms with E-state index < -0.39 is 9.85 Å². The highest BCUT2D eigenvalue weighted by Gasteiger charge is 2.27. The minimum Gasteiger partial charge on any atom is -0.351 e. The average Bonchev–Trinajstić information content (AvgIpc) is 3.04. The van der Waals surface area contributed by atoms with E-state index in [0.29, 0.717) is 6.54 Å². The van der Waals surface area contributed by atoms with Crippen LogP contribution in [0.1, 0.15) is 11.7 Å². The van der Waals surface area contributed by atoms with E-state index in [2.05, 4.69) is 5.32 Å². The number of non-ortho nitro benzene ring substituents is 2. The van der Waals surface area contributed by atoms with Crippen molar-refractivity contribution in [3.05, 3.63) is 74.3 Å². The summed E-state index contributed by atoms with van der Waals surface area (Å²) in [6.07, 6.45) is -0.198. The van der Waals surface area contributed by atoms with E-state index >= 15 is 0 Å². The Morgan fingerprint density at radius 1 is 1.00 bits per heavy atom. The van der Waals surface area contributed by atoms with Crippen LogP contribution in [0, 0.1) is 20.2 Å². The lowest BCUT2D eigenvalue weighted by Crippen LogP contribution is -2.27. The third kappa shape index (κ3) is 2.97. The van der Waals surface area contributed by atoms with Crippen LogP contribution >= 0.6 is 0 Å². The van der Waals surface area contributed by atoms with Crippen LogP contribution < -0.4 is 10.2 Å². The maximum Gasteiger partial charge on any atom is 0.269 e. The van der Waals surface area contributed by atoms with Crippen molar-refractivity contribution in [2.45, 2.75) is 6.17 Å². The lowest BCUT2D eigenvalue weighted by atomic mass is 10.1. The van der Waals surface area contributed by atoms with Crippen molar-refractivity contribution in [2.75, 3.05) is 18.0 Å². The second-order valence-electron chi connectivity index (χ2n) is 5.18. The normalized spacial score (nSPS) is 17.2. The van der Waals surface area contributed by atoms with Gasteiger partial charge in [-0.25, -0.2) is 0 Å². The number of nitro benzene ring substituents is 2. The van der Waals surface area contributed by atoms with E-state index in [-0.39, 0.29) is 17.5 Å². The molecule has 0 radical (unpaired) electrons. The standard InChI is InChI=1S/C15H14N4O4/c20-18(21)13-6-4-12(5-7-13)17-9-8-16-15(17)11-2-1-3-14(10-11)19(22)23/h1-7,10,15-16H,8-9H2. The largest absolute Gasteiger partial charge is 0.351 e. The first kappa shape index (κ1) is 14.9.